The van der Waals surface area contributed by atoms with Gasteiger partial charge < -0.3 is 5.32 Å². The molecule has 2 aliphatic rings. The average Bonchev–Trinajstić information content (AvgIpc) is 3.03. The monoisotopic (exact) mass is 364 g/mol. The SMILES string of the molecule is CCCS(=O)(=O)N1CCC(NC(=O)Cc2ccc3c(c2)CCC3)CC1. The summed E-state index contributed by atoms with van der Waals surface area (Å²) in [5, 5.41) is 3.08. The molecule has 0 aromatic heterocycles. The van der Waals surface area contributed by atoms with Crippen LogP contribution in [-0.4, -0.2) is 43.5 Å². The van der Waals surface area contributed by atoms with Gasteiger partial charge in [-0.25, -0.2) is 12.7 Å². The molecule has 1 aliphatic heterocycles. The molecule has 1 heterocycles. The van der Waals surface area contributed by atoms with E-state index in [9.17, 15) is 13.2 Å². The first-order chi connectivity index (χ1) is 12.0. The van der Waals surface area contributed by atoms with E-state index >= 15 is 0 Å². The van der Waals surface area contributed by atoms with Crippen molar-refractivity contribution < 1.29 is 13.2 Å². The van der Waals surface area contributed by atoms with Crippen molar-refractivity contribution in [3.8, 4) is 0 Å². The van der Waals surface area contributed by atoms with Crippen LogP contribution in [0.5, 0.6) is 0 Å². The van der Waals surface area contributed by atoms with Crippen LogP contribution in [-0.2, 0) is 34.1 Å². The predicted octanol–water partition coefficient (Wildman–Crippen LogP) is 2.04. The topological polar surface area (TPSA) is 66.5 Å². The van der Waals surface area contributed by atoms with Crippen LogP contribution in [0.15, 0.2) is 18.2 Å². The van der Waals surface area contributed by atoms with Crippen LogP contribution in [0.3, 0.4) is 0 Å². The standard InChI is InChI=1S/C19H28N2O3S/c1-2-12-25(23,24)21-10-8-18(9-11-21)20-19(22)14-15-6-7-16-4-3-5-17(16)13-15/h6-7,13,18H,2-5,8-12,14H2,1H3,(H,20,22). The molecule has 3 rings (SSSR count). The summed E-state index contributed by atoms with van der Waals surface area (Å²) in [6.45, 7) is 2.89. The number of rotatable bonds is 6. The molecule has 0 radical (unpaired) electrons. The molecule has 0 bridgehead atoms. The summed E-state index contributed by atoms with van der Waals surface area (Å²) in [5.74, 6) is 0.246. The number of piperidine rings is 1. The lowest BCUT2D eigenvalue weighted by Gasteiger charge is -2.31. The Morgan fingerprint density at radius 3 is 2.64 bits per heavy atom. The van der Waals surface area contributed by atoms with Gasteiger partial charge in [0.25, 0.3) is 0 Å². The van der Waals surface area contributed by atoms with E-state index in [4.69, 9.17) is 0 Å². The molecular formula is C19H28N2O3S. The van der Waals surface area contributed by atoms with E-state index in [1.54, 1.807) is 4.31 Å². The van der Waals surface area contributed by atoms with Crippen molar-refractivity contribution >= 4 is 15.9 Å². The fourth-order valence-corrected chi connectivity index (χ4v) is 5.41. The number of sulfonamides is 1. The van der Waals surface area contributed by atoms with Gasteiger partial charge in [0.1, 0.15) is 0 Å². The van der Waals surface area contributed by atoms with Crippen LogP contribution < -0.4 is 5.32 Å². The summed E-state index contributed by atoms with van der Waals surface area (Å²) in [4.78, 5) is 12.3. The molecule has 0 saturated carbocycles. The molecule has 5 nitrogen and oxygen atoms in total. The second kappa shape index (κ2) is 7.87. The fraction of sp³-hybridized carbons (Fsp3) is 0.632. The van der Waals surface area contributed by atoms with Crippen LogP contribution in [0.2, 0.25) is 0 Å². The Balaban J connectivity index is 1.48. The van der Waals surface area contributed by atoms with E-state index in [2.05, 4.69) is 23.5 Å². The molecule has 0 atom stereocenters. The van der Waals surface area contributed by atoms with E-state index in [0.717, 1.165) is 18.4 Å². The van der Waals surface area contributed by atoms with Gasteiger partial charge in [-0.1, -0.05) is 25.1 Å². The Labute approximate surface area is 150 Å². The number of carbonyl (C=O) groups excluding carboxylic acids is 1. The van der Waals surface area contributed by atoms with E-state index in [-0.39, 0.29) is 17.7 Å². The molecule has 1 saturated heterocycles. The molecular weight excluding hydrogens is 336 g/mol. The van der Waals surface area contributed by atoms with Crippen molar-refractivity contribution in [3.05, 3.63) is 34.9 Å². The summed E-state index contributed by atoms with van der Waals surface area (Å²) in [6.07, 6.45) is 5.92. The minimum Gasteiger partial charge on any atom is -0.353 e. The Morgan fingerprint density at radius 2 is 1.92 bits per heavy atom. The van der Waals surface area contributed by atoms with Gasteiger partial charge in [0, 0.05) is 19.1 Å². The van der Waals surface area contributed by atoms with Gasteiger partial charge in [-0.05, 0) is 55.2 Å². The highest BCUT2D eigenvalue weighted by Gasteiger charge is 2.27. The zero-order valence-corrected chi connectivity index (χ0v) is 15.8. The summed E-state index contributed by atoms with van der Waals surface area (Å²) < 4.78 is 25.7. The zero-order chi connectivity index (χ0) is 17.9. The van der Waals surface area contributed by atoms with Gasteiger partial charge in [0.2, 0.25) is 15.9 Å². The lowest BCUT2D eigenvalue weighted by Crippen LogP contribution is -2.47. The van der Waals surface area contributed by atoms with Crippen LogP contribution in [0.25, 0.3) is 0 Å². The summed E-state index contributed by atoms with van der Waals surface area (Å²) >= 11 is 0. The van der Waals surface area contributed by atoms with Crippen LogP contribution in [0.4, 0.5) is 0 Å². The number of aryl methyl sites for hydroxylation is 2. The highest BCUT2D eigenvalue weighted by Crippen LogP contribution is 2.23. The Morgan fingerprint density at radius 1 is 1.20 bits per heavy atom. The number of benzene rings is 1. The molecule has 6 heteroatoms. The van der Waals surface area contributed by atoms with E-state index in [1.165, 1.54) is 17.5 Å². The minimum absolute atomic E-state index is 0.0350. The molecule has 138 valence electrons. The molecule has 1 N–H and O–H groups in total. The number of hydrogen-bond acceptors (Lipinski definition) is 3. The van der Waals surface area contributed by atoms with Crippen LogP contribution in [0.1, 0.15) is 49.3 Å². The first-order valence-electron chi connectivity index (χ1n) is 9.36. The summed E-state index contributed by atoms with van der Waals surface area (Å²) in [7, 11) is -3.12. The lowest BCUT2D eigenvalue weighted by molar-refractivity contribution is -0.121. The van der Waals surface area contributed by atoms with Crippen molar-refractivity contribution in [3.63, 3.8) is 0 Å². The van der Waals surface area contributed by atoms with Crippen molar-refractivity contribution in [2.24, 2.45) is 0 Å². The highest BCUT2D eigenvalue weighted by atomic mass is 32.2. The predicted molar refractivity (Wildman–Crippen MR) is 99.0 cm³/mol. The third kappa shape index (κ3) is 4.61. The zero-order valence-electron chi connectivity index (χ0n) is 15.0. The quantitative estimate of drug-likeness (QED) is 0.840. The summed E-state index contributed by atoms with van der Waals surface area (Å²) in [5.41, 5.74) is 3.88. The number of hydrogen-bond donors (Lipinski definition) is 1. The second-order valence-corrected chi connectivity index (χ2v) is 9.28. The molecule has 1 aromatic rings. The maximum absolute atomic E-state index is 12.3. The van der Waals surface area contributed by atoms with E-state index < -0.39 is 10.0 Å². The Hall–Kier alpha value is -1.40. The van der Waals surface area contributed by atoms with Crippen LogP contribution in [0, 0.1) is 0 Å². The maximum Gasteiger partial charge on any atom is 0.224 e. The van der Waals surface area contributed by atoms with Gasteiger partial charge in [-0.2, -0.15) is 0 Å². The average molecular weight is 365 g/mol. The van der Waals surface area contributed by atoms with E-state index in [1.807, 2.05) is 6.92 Å². The number of fused-ring (bicyclic) bond motifs is 1. The third-order valence-electron chi connectivity index (χ3n) is 5.20. The Kier molecular flexibility index (Phi) is 5.79. The van der Waals surface area contributed by atoms with Gasteiger partial charge in [-0.15, -0.1) is 0 Å². The van der Waals surface area contributed by atoms with Crippen molar-refractivity contribution in [1.29, 1.82) is 0 Å². The second-order valence-electron chi connectivity index (χ2n) is 7.19. The molecule has 0 spiro atoms. The fourth-order valence-electron chi connectivity index (χ4n) is 3.86. The number of carbonyl (C=O) groups is 1. The summed E-state index contributed by atoms with van der Waals surface area (Å²) in [6, 6.07) is 6.46. The van der Waals surface area contributed by atoms with Crippen molar-refractivity contribution in [2.75, 3.05) is 18.8 Å². The molecule has 25 heavy (non-hydrogen) atoms. The lowest BCUT2D eigenvalue weighted by atomic mass is 10.0. The van der Waals surface area contributed by atoms with E-state index in [0.29, 0.717) is 38.8 Å². The van der Waals surface area contributed by atoms with Gasteiger partial charge in [0.05, 0.1) is 12.2 Å². The van der Waals surface area contributed by atoms with Crippen LogP contribution >= 0.6 is 0 Å². The number of nitrogens with zero attached hydrogens (tertiary/aromatic N) is 1. The smallest absolute Gasteiger partial charge is 0.224 e. The van der Waals surface area contributed by atoms with Gasteiger partial charge in [-0.3, -0.25) is 4.79 Å². The van der Waals surface area contributed by atoms with Crippen molar-refractivity contribution in [1.82, 2.24) is 9.62 Å². The molecule has 1 fully saturated rings. The number of amides is 1. The highest BCUT2D eigenvalue weighted by molar-refractivity contribution is 7.89. The molecule has 0 unspecified atom stereocenters. The first kappa shape index (κ1) is 18.4. The van der Waals surface area contributed by atoms with Gasteiger partial charge in [0.15, 0.2) is 0 Å². The maximum atomic E-state index is 12.3. The first-order valence-corrected chi connectivity index (χ1v) is 11.0. The Bertz CT molecular complexity index is 722. The van der Waals surface area contributed by atoms with Crippen molar-refractivity contribution in [2.45, 2.75) is 57.9 Å². The minimum atomic E-state index is -3.12. The largest absolute Gasteiger partial charge is 0.353 e. The molecule has 1 aliphatic carbocycles. The van der Waals surface area contributed by atoms with Gasteiger partial charge >= 0.3 is 0 Å². The normalized spacial score (nSPS) is 18.9. The number of nitrogens with one attached hydrogen (secondary N) is 1. The molecule has 1 aromatic carbocycles. The molecule has 1 amide bonds. The third-order valence-corrected chi connectivity index (χ3v) is 7.28.